The van der Waals surface area contributed by atoms with Gasteiger partial charge in [-0.1, -0.05) is 43.7 Å². The summed E-state index contributed by atoms with van der Waals surface area (Å²) in [7, 11) is 0. The summed E-state index contributed by atoms with van der Waals surface area (Å²) in [4.78, 5) is 22.8. The molecule has 5 nitrogen and oxygen atoms in total. The lowest BCUT2D eigenvalue weighted by atomic mass is 10.1. The number of alkyl carbamates (subject to hydrolysis) is 1. The summed E-state index contributed by atoms with van der Waals surface area (Å²) in [5.41, 5.74) is 1.14. The van der Waals surface area contributed by atoms with Crippen LogP contribution in [0.2, 0.25) is 0 Å². The maximum Gasteiger partial charge on any atom is 0.407 e. The number of hydrogen-bond donors (Lipinski definition) is 2. The second-order valence-electron chi connectivity index (χ2n) is 4.75. The molecule has 0 fully saturated rings. The molecule has 1 rings (SSSR count). The Morgan fingerprint density at radius 3 is 2.52 bits per heavy atom. The number of unbranched alkanes of at least 4 members (excludes halogenated alkanes) is 1. The van der Waals surface area contributed by atoms with Crippen molar-refractivity contribution in [2.24, 2.45) is 0 Å². The Bertz CT molecular complexity index is 421. The maximum atomic E-state index is 11.6. The SMILES string of the molecule is CCCCOC(=O)NCCNC(=O)CCc1ccccc1. The predicted molar refractivity (Wildman–Crippen MR) is 82.0 cm³/mol. The summed E-state index contributed by atoms with van der Waals surface area (Å²) >= 11 is 0. The van der Waals surface area contributed by atoms with E-state index < -0.39 is 6.09 Å². The third kappa shape index (κ3) is 8.68. The van der Waals surface area contributed by atoms with Gasteiger partial charge in [-0.15, -0.1) is 0 Å². The monoisotopic (exact) mass is 292 g/mol. The molecule has 0 bridgehead atoms. The highest BCUT2D eigenvalue weighted by molar-refractivity contribution is 5.76. The van der Waals surface area contributed by atoms with E-state index in [2.05, 4.69) is 10.6 Å². The minimum absolute atomic E-state index is 0.0139. The lowest BCUT2D eigenvalue weighted by molar-refractivity contribution is -0.121. The Morgan fingerprint density at radius 1 is 1.10 bits per heavy atom. The first kappa shape index (κ1) is 17.0. The summed E-state index contributed by atoms with van der Waals surface area (Å²) in [6.45, 7) is 3.26. The third-order valence-corrected chi connectivity index (χ3v) is 2.93. The van der Waals surface area contributed by atoms with Crippen molar-refractivity contribution in [1.29, 1.82) is 0 Å². The smallest absolute Gasteiger partial charge is 0.407 e. The third-order valence-electron chi connectivity index (χ3n) is 2.93. The van der Waals surface area contributed by atoms with Crippen molar-refractivity contribution in [3.63, 3.8) is 0 Å². The van der Waals surface area contributed by atoms with Gasteiger partial charge in [0, 0.05) is 19.5 Å². The number of amides is 2. The molecule has 116 valence electrons. The second kappa shape index (κ2) is 10.7. The van der Waals surface area contributed by atoms with E-state index in [1.54, 1.807) is 0 Å². The van der Waals surface area contributed by atoms with E-state index in [0.29, 0.717) is 26.1 Å². The molecule has 21 heavy (non-hydrogen) atoms. The Hall–Kier alpha value is -2.04. The topological polar surface area (TPSA) is 67.4 Å². The van der Waals surface area contributed by atoms with Crippen molar-refractivity contribution in [3.05, 3.63) is 35.9 Å². The van der Waals surface area contributed by atoms with Crippen molar-refractivity contribution in [2.45, 2.75) is 32.6 Å². The van der Waals surface area contributed by atoms with Gasteiger partial charge in [-0.05, 0) is 18.4 Å². The Morgan fingerprint density at radius 2 is 1.81 bits per heavy atom. The van der Waals surface area contributed by atoms with Crippen molar-refractivity contribution in [1.82, 2.24) is 10.6 Å². The second-order valence-corrected chi connectivity index (χ2v) is 4.75. The molecule has 0 radical (unpaired) electrons. The van der Waals surface area contributed by atoms with Gasteiger partial charge >= 0.3 is 6.09 Å². The molecule has 0 aliphatic heterocycles. The van der Waals surface area contributed by atoms with E-state index in [1.165, 1.54) is 0 Å². The van der Waals surface area contributed by atoms with E-state index >= 15 is 0 Å². The molecular formula is C16H24N2O3. The van der Waals surface area contributed by atoms with Gasteiger partial charge < -0.3 is 15.4 Å². The number of aryl methyl sites for hydroxylation is 1. The van der Waals surface area contributed by atoms with Gasteiger partial charge in [-0.25, -0.2) is 4.79 Å². The zero-order chi connectivity index (χ0) is 15.3. The average molecular weight is 292 g/mol. The van der Waals surface area contributed by atoms with Crippen LogP contribution < -0.4 is 10.6 Å². The largest absolute Gasteiger partial charge is 0.450 e. The molecular weight excluding hydrogens is 268 g/mol. The Balaban J connectivity index is 2.02. The van der Waals surface area contributed by atoms with Crippen LogP contribution in [-0.4, -0.2) is 31.7 Å². The molecule has 0 aliphatic carbocycles. The van der Waals surface area contributed by atoms with E-state index in [0.717, 1.165) is 24.8 Å². The molecule has 0 aliphatic rings. The minimum Gasteiger partial charge on any atom is -0.450 e. The van der Waals surface area contributed by atoms with Crippen LogP contribution in [0.4, 0.5) is 4.79 Å². The lowest BCUT2D eigenvalue weighted by Gasteiger charge is -2.08. The summed E-state index contributed by atoms with van der Waals surface area (Å²) in [5, 5.41) is 5.36. The van der Waals surface area contributed by atoms with Gasteiger partial charge in [-0.2, -0.15) is 0 Å². The maximum absolute atomic E-state index is 11.6. The normalized spacial score (nSPS) is 9.95. The fourth-order valence-electron chi connectivity index (χ4n) is 1.72. The molecule has 1 aromatic rings. The van der Waals surface area contributed by atoms with Gasteiger partial charge in [0.2, 0.25) is 5.91 Å². The van der Waals surface area contributed by atoms with E-state index in [9.17, 15) is 9.59 Å². The highest BCUT2D eigenvalue weighted by Crippen LogP contribution is 2.01. The van der Waals surface area contributed by atoms with E-state index in [1.807, 2.05) is 37.3 Å². The van der Waals surface area contributed by atoms with Crippen molar-refractivity contribution >= 4 is 12.0 Å². The number of nitrogens with one attached hydrogen (secondary N) is 2. The lowest BCUT2D eigenvalue weighted by Crippen LogP contribution is -2.35. The van der Waals surface area contributed by atoms with E-state index in [4.69, 9.17) is 4.74 Å². The highest BCUT2D eigenvalue weighted by atomic mass is 16.5. The molecule has 1 aromatic carbocycles. The molecule has 0 heterocycles. The number of benzene rings is 1. The molecule has 0 atom stereocenters. The van der Waals surface area contributed by atoms with Crippen LogP contribution in [0.1, 0.15) is 31.7 Å². The quantitative estimate of drug-likeness (QED) is 0.686. The molecule has 0 unspecified atom stereocenters. The van der Waals surface area contributed by atoms with Gasteiger partial charge in [0.15, 0.2) is 0 Å². The minimum atomic E-state index is -0.429. The van der Waals surface area contributed by atoms with Crippen LogP contribution in [0.3, 0.4) is 0 Å². The van der Waals surface area contributed by atoms with Gasteiger partial charge in [0.25, 0.3) is 0 Å². The number of carbonyl (C=O) groups excluding carboxylic acids is 2. The van der Waals surface area contributed by atoms with E-state index in [-0.39, 0.29) is 5.91 Å². The molecule has 0 saturated carbocycles. The zero-order valence-corrected chi connectivity index (χ0v) is 12.6. The Labute approximate surface area is 126 Å². The average Bonchev–Trinajstić information content (AvgIpc) is 2.51. The van der Waals surface area contributed by atoms with Crippen LogP contribution >= 0.6 is 0 Å². The van der Waals surface area contributed by atoms with Crippen LogP contribution in [0, 0.1) is 0 Å². The molecule has 0 spiro atoms. The number of hydrogen-bond acceptors (Lipinski definition) is 3. The van der Waals surface area contributed by atoms with Crippen molar-refractivity contribution in [2.75, 3.05) is 19.7 Å². The predicted octanol–water partition coefficient (Wildman–Crippen LogP) is 2.26. The van der Waals surface area contributed by atoms with Gasteiger partial charge in [0.1, 0.15) is 0 Å². The van der Waals surface area contributed by atoms with Gasteiger partial charge in [0.05, 0.1) is 6.61 Å². The summed E-state index contributed by atoms with van der Waals surface area (Å²) in [6.07, 6.45) is 2.60. The highest BCUT2D eigenvalue weighted by Gasteiger charge is 2.03. The fraction of sp³-hybridized carbons (Fsp3) is 0.500. The summed E-state index contributed by atoms with van der Waals surface area (Å²) < 4.78 is 4.93. The molecule has 0 aromatic heterocycles. The van der Waals surface area contributed by atoms with Crippen LogP contribution in [0.25, 0.3) is 0 Å². The molecule has 5 heteroatoms. The fourth-order valence-corrected chi connectivity index (χ4v) is 1.72. The number of ether oxygens (including phenoxy) is 1. The van der Waals surface area contributed by atoms with Crippen LogP contribution in [0.15, 0.2) is 30.3 Å². The molecule has 0 saturated heterocycles. The van der Waals surface area contributed by atoms with Gasteiger partial charge in [-0.3, -0.25) is 4.79 Å². The van der Waals surface area contributed by atoms with Crippen LogP contribution in [-0.2, 0) is 16.0 Å². The first-order valence-electron chi connectivity index (χ1n) is 7.43. The van der Waals surface area contributed by atoms with Crippen molar-refractivity contribution < 1.29 is 14.3 Å². The van der Waals surface area contributed by atoms with Crippen molar-refractivity contribution in [3.8, 4) is 0 Å². The first-order chi connectivity index (χ1) is 10.2. The number of carbonyl (C=O) groups is 2. The van der Waals surface area contributed by atoms with Crippen LogP contribution in [0.5, 0.6) is 0 Å². The number of rotatable bonds is 9. The Kier molecular flexibility index (Phi) is 8.68. The zero-order valence-electron chi connectivity index (χ0n) is 12.6. The standard InChI is InChI=1S/C16H24N2O3/c1-2-3-13-21-16(20)18-12-11-17-15(19)10-9-14-7-5-4-6-8-14/h4-8H,2-3,9-13H2,1H3,(H,17,19)(H,18,20). The molecule has 2 N–H and O–H groups in total. The first-order valence-corrected chi connectivity index (χ1v) is 7.43. The summed E-state index contributed by atoms with van der Waals surface area (Å²) in [6, 6.07) is 9.87. The summed E-state index contributed by atoms with van der Waals surface area (Å²) in [5.74, 6) is -0.0139. The molecule has 2 amide bonds.